The van der Waals surface area contributed by atoms with Crippen molar-refractivity contribution in [1.29, 1.82) is 0 Å². The second-order valence-electron chi connectivity index (χ2n) is 6.15. The smallest absolute Gasteiger partial charge is 0.281 e. The minimum atomic E-state index is -4.08. The fraction of sp³-hybridized carbons (Fsp3) is 0.474. The molecule has 0 spiro atoms. The largest absolute Gasteiger partial charge is 0.300 e. The zero-order chi connectivity index (χ0) is 18.1. The molecule has 0 atom stereocenters. The summed E-state index contributed by atoms with van der Waals surface area (Å²) in [6.07, 6.45) is 16.1. The van der Waals surface area contributed by atoms with Crippen molar-refractivity contribution in [3.05, 3.63) is 51.2 Å². The van der Waals surface area contributed by atoms with Crippen LogP contribution in [-0.4, -0.2) is 16.5 Å². The number of unbranched alkanes of at least 4 members (excludes halogenated alkanes) is 6. The fourth-order valence-corrected chi connectivity index (χ4v) is 6.62. The molecule has 0 bridgehead atoms. The molecule has 0 radical (unpaired) electrons. The highest BCUT2D eigenvalue weighted by Crippen LogP contribution is 2.27. The summed E-state index contributed by atoms with van der Waals surface area (Å²) in [5, 5.41) is 0. The molecule has 1 aliphatic rings. The van der Waals surface area contributed by atoms with Crippen LogP contribution in [0.4, 0.5) is 0 Å². The number of aromatic nitrogens is 1. The third-order valence-corrected chi connectivity index (χ3v) is 9.30. The Morgan fingerprint density at radius 2 is 1.80 bits per heavy atom. The molecule has 25 heavy (non-hydrogen) atoms. The van der Waals surface area contributed by atoms with E-state index < -0.39 is 30.8 Å². The van der Waals surface area contributed by atoms with Gasteiger partial charge in [0.25, 0.3) is 10.1 Å². The molecule has 6 heteroatoms. The normalized spacial score (nSPS) is 14.6. The Kier molecular flexibility index (Phi) is 8.45. The molecule has 1 aromatic rings. The van der Waals surface area contributed by atoms with Gasteiger partial charge in [0.2, 0.25) is 5.69 Å². The van der Waals surface area contributed by atoms with Crippen LogP contribution in [0.25, 0.3) is 0 Å². The third-order valence-electron chi connectivity index (χ3n) is 4.10. The number of rotatable bonds is 10. The molecular formula is C19H27INO3S+. The predicted molar refractivity (Wildman–Crippen MR) is 112 cm³/mol. The summed E-state index contributed by atoms with van der Waals surface area (Å²) in [5.74, 6) is 0. The van der Waals surface area contributed by atoms with E-state index in [2.05, 4.69) is 17.7 Å². The molecule has 138 valence electrons. The topological polar surface area (TPSA) is 58.2 Å². The standard InChI is InChI=1S/C19H26INO3S/c1-2-3-4-5-6-7-9-15-21-16-10-8-13-18(21)17-12-11-14-19(20-17)25(22,23)24/h8,10-14,16H,2-7,9,15H2,1H3/p+1. The van der Waals surface area contributed by atoms with Crippen molar-refractivity contribution in [3.63, 3.8) is 0 Å². The number of pyridine rings is 1. The lowest BCUT2D eigenvalue weighted by atomic mass is 10.1. The van der Waals surface area contributed by atoms with Gasteiger partial charge in [0.05, 0.1) is 3.51 Å². The molecule has 0 saturated heterocycles. The monoisotopic (exact) mass is 476 g/mol. The highest BCUT2D eigenvalue weighted by molar-refractivity contribution is 14.2. The maximum absolute atomic E-state index is 11.4. The average Bonchev–Trinajstić information content (AvgIpc) is 2.61. The second-order valence-corrected chi connectivity index (χ2v) is 11.1. The summed E-state index contributed by atoms with van der Waals surface area (Å²) >= 11 is -0.900. The summed E-state index contributed by atoms with van der Waals surface area (Å²) < 4.78 is 35.6. The first kappa shape index (κ1) is 20.5. The molecule has 0 aromatic carbocycles. The van der Waals surface area contributed by atoms with Gasteiger partial charge >= 0.3 is 0 Å². The fourth-order valence-electron chi connectivity index (χ4n) is 2.77. The third kappa shape index (κ3) is 6.75. The molecule has 1 N–H and O–H groups in total. The number of aryl methyl sites for hydroxylation is 1. The maximum atomic E-state index is 11.4. The van der Waals surface area contributed by atoms with Crippen LogP contribution < -0.4 is 4.57 Å². The highest BCUT2D eigenvalue weighted by atomic mass is 127. The van der Waals surface area contributed by atoms with E-state index >= 15 is 0 Å². The van der Waals surface area contributed by atoms with Crippen molar-refractivity contribution in [1.82, 2.24) is 0 Å². The van der Waals surface area contributed by atoms with Gasteiger partial charge in [-0.1, -0.05) is 65.8 Å². The lowest BCUT2D eigenvalue weighted by Crippen LogP contribution is -2.39. The van der Waals surface area contributed by atoms with Gasteiger partial charge in [-0.15, -0.1) is 0 Å². The molecule has 1 aromatic heterocycles. The van der Waals surface area contributed by atoms with Crippen molar-refractivity contribution in [3.8, 4) is 0 Å². The molecule has 1 aliphatic heterocycles. The first-order chi connectivity index (χ1) is 12.0. The van der Waals surface area contributed by atoms with E-state index in [0.717, 1.165) is 22.2 Å². The maximum Gasteiger partial charge on any atom is 0.300 e. The van der Waals surface area contributed by atoms with E-state index in [0.29, 0.717) is 0 Å². The van der Waals surface area contributed by atoms with Crippen molar-refractivity contribution in [2.45, 2.75) is 58.4 Å². The number of allylic oxidation sites excluding steroid dienone is 3. The lowest BCUT2D eigenvalue weighted by molar-refractivity contribution is -0.698. The van der Waals surface area contributed by atoms with Crippen LogP contribution in [-0.2, 0) is 16.7 Å². The quantitative estimate of drug-likeness (QED) is 0.234. The Labute approximate surface area is 161 Å². The van der Waals surface area contributed by atoms with E-state index in [4.69, 9.17) is 0 Å². The molecular weight excluding hydrogens is 449 g/mol. The van der Waals surface area contributed by atoms with Gasteiger partial charge < -0.3 is 0 Å². The summed E-state index contributed by atoms with van der Waals surface area (Å²) in [4.78, 5) is 0. The van der Waals surface area contributed by atoms with Gasteiger partial charge in [-0.25, -0.2) is 0 Å². The molecule has 0 amide bonds. The van der Waals surface area contributed by atoms with Crippen LogP contribution in [0.3, 0.4) is 0 Å². The SMILES string of the molecule is CCCCCCCCC[n+]1ccccc1C1=IC(S(=O)(=O)O)=CC=C1. The van der Waals surface area contributed by atoms with Crippen molar-refractivity contribution in [2.75, 3.05) is 0 Å². The van der Waals surface area contributed by atoms with E-state index in [9.17, 15) is 13.0 Å². The second kappa shape index (κ2) is 10.3. The Morgan fingerprint density at radius 1 is 1.08 bits per heavy atom. The Hall–Kier alpha value is -0.860. The van der Waals surface area contributed by atoms with Crippen LogP contribution >= 0.6 is 20.7 Å². The Morgan fingerprint density at radius 3 is 2.52 bits per heavy atom. The van der Waals surface area contributed by atoms with E-state index in [1.165, 1.54) is 44.6 Å². The predicted octanol–water partition coefficient (Wildman–Crippen LogP) is 4.51. The van der Waals surface area contributed by atoms with Crippen LogP contribution in [0.1, 0.15) is 57.6 Å². The van der Waals surface area contributed by atoms with Gasteiger partial charge in [-0.05, 0) is 24.6 Å². The molecule has 4 nitrogen and oxygen atoms in total. The first-order valence-corrected chi connectivity index (χ1v) is 12.5. The van der Waals surface area contributed by atoms with Crippen molar-refractivity contribution >= 4 is 34.4 Å². The average molecular weight is 476 g/mol. The lowest BCUT2D eigenvalue weighted by Gasteiger charge is -2.07. The summed E-state index contributed by atoms with van der Waals surface area (Å²) in [6, 6.07) is 6.02. The summed E-state index contributed by atoms with van der Waals surface area (Å²) in [7, 11) is -4.08. The molecule has 2 rings (SSSR count). The van der Waals surface area contributed by atoms with Crippen LogP contribution in [0.15, 0.2) is 45.5 Å². The zero-order valence-corrected chi connectivity index (χ0v) is 17.7. The van der Waals surface area contributed by atoms with Crippen LogP contribution in [0, 0.1) is 0 Å². The van der Waals surface area contributed by atoms with E-state index in [1.807, 2.05) is 24.3 Å². The number of hydrogen-bond donors (Lipinski definition) is 1. The number of nitrogens with zero attached hydrogens (tertiary/aromatic N) is 1. The van der Waals surface area contributed by atoms with Gasteiger partial charge in [0, 0.05) is 18.6 Å². The van der Waals surface area contributed by atoms with Crippen LogP contribution in [0.5, 0.6) is 0 Å². The molecule has 0 aliphatic carbocycles. The zero-order valence-electron chi connectivity index (χ0n) is 14.7. The van der Waals surface area contributed by atoms with Crippen LogP contribution in [0.2, 0.25) is 0 Å². The number of halogens is 1. The van der Waals surface area contributed by atoms with Crippen molar-refractivity contribution in [2.24, 2.45) is 0 Å². The van der Waals surface area contributed by atoms with Gasteiger partial charge in [0.15, 0.2) is 6.20 Å². The van der Waals surface area contributed by atoms with E-state index in [1.54, 1.807) is 6.08 Å². The summed E-state index contributed by atoms with van der Waals surface area (Å²) in [6.45, 7) is 3.17. The molecule has 2 heterocycles. The Balaban J connectivity index is 2.00. The molecule has 0 unspecified atom stereocenters. The van der Waals surface area contributed by atoms with E-state index in [-0.39, 0.29) is 2.91 Å². The minimum Gasteiger partial charge on any atom is -0.281 e. The first-order valence-electron chi connectivity index (χ1n) is 8.89. The van der Waals surface area contributed by atoms with Gasteiger partial charge in [-0.2, -0.15) is 13.0 Å². The van der Waals surface area contributed by atoms with Gasteiger partial charge in [-0.3, -0.25) is 4.55 Å². The van der Waals surface area contributed by atoms with Crippen molar-refractivity contribution < 1.29 is 17.5 Å². The molecule has 0 saturated carbocycles. The Bertz CT molecular complexity index is 767. The highest BCUT2D eigenvalue weighted by Gasteiger charge is 2.19. The summed E-state index contributed by atoms with van der Waals surface area (Å²) in [5.41, 5.74) is 1.06. The van der Waals surface area contributed by atoms with Gasteiger partial charge in [0.1, 0.15) is 9.46 Å². The molecule has 0 fully saturated rings. The number of hydrogen-bond acceptors (Lipinski definition) is 2. The minimum absolute atomic E-state index is 0.162.